The first-order valence-corrected chi connectivity index (χ1v) is 11.3. The third kappa shape index (κ3) is 5.06. The Hall–Kier alpha value is -2.61. The second kappa shape index (κ2) is 8.41. The minimum absolute atomic E-state index is 0.0665. The first kappa shape index (κ1) is 21.1. The summed E-state index contributed by atoms with van der Waals surface area (Å²) in [6.45, 7) is 3.21. The van der Waals surface area contributed by atoms with Crippen molar-refractivity contribution in [2.24, 2.45) is 0 Å². The predicted molar refractivity (Wildman–Crippen MR) is 110 cm³/mol. The van der Waals surface area contributed by atoms with Gasteiger partial charge in [0.2, 0.25) is 0 Å². The number of fused-ring (bicyclic) bond motifs is 1. The van der Waals surface area contributed by atoms with Crippen LogP contribution in [0.1, 0.15) is 31.7 Å². The molecule has 1 aliphatic heterocycles. The standard InChI is InChI=1S/C21H25NO6S/c1-13(15-4-5-17-11-19(27-3)7-6-16(17)10-15)21(24)28-14(2)20(23)22-18-8-9-29(25,26)12-18/h4-7,10-11,13-14,18H,8-9,12H2,1-3H3,(H,22,23)/t13-,14-,18-/m0/s1. The maximum absolute atomic E-state index is 12.5. The third-order valence-corrected chi connectivity index (χ3v) is 6.93. The second-order valence-corrected chi connectivity index (χ2v) is 9.61. The van der Waals surface area contributed by atoms with Crippen LogP contribution >= 0.6 is 0 Å². The summed E-state index contributed by atoms with van der Waals surface area (Å²) in [6, 6.07) is 10.9. The van der Waals surface area contributed by atoms with Gasteiger partial charge in [0.1, 0.15) is 5.75 Å². The molecule has 3 atom stereocenters. The van der Waals surface area contributed by atoms with Gasteiger partial charge in [0.15, 0.2) is 15.9 Å². The summed E-state index contributed by atoms with van der Waals surface area (Å²) < 4.78 is 33.5. The molecule has 0 bridgehead atoms. The number of hydrogen-bond donors (Lipinski definition) is 1. The molecule has 0 spiro atoms. The summed E-state index contributed by atoms with van der Waals surface area (Å²) in [5.41, 5.74) is 0.780. The third-order valence-electron chi connectivity index (χ3n) is 5.17. The lowest BCUT2D eigenvalue weighted by molar-refractivity contribution is -0.156. The number of esters is 1. The Kier molecular flexibility index (Phi) is 6.12. The van der Waals surface area contributed by atoms with Crippen LogP contribution < -0.4 is 10.1 Å². The zero-order valence-corrected chi connectivity index (χ0v) is 17.5. The van der Waals surface area contributed by atoms with Gasteiger partial charge in [-0.25, -0.2) is 8.42 Å². The molecule has 0 saturated carbocycles. The van der Waals surface area contributed by atoms with Crippen molar-refractivity contribution in [1.82, 2.24) is 5.32 Å². The van der Waals surface area contributed by atoms with Crippen LogP contribution in [-0.4, -0.2) is 51.1 Å². The summed E-state index contributed by atoms with van der Waals surface area (Å²) in [5, 5.41) is 4.61. The molecule has 2 aromatic rings. The van der Waals surface area contributed by atoms with Crippen LogP contribution in [0.15, 0.2) is 36.4 Å². The highest BCUT2D eigenvalue weighted by Gasteiger charge is 2.31. The fraction of sp³-hybridized carbons (Fsp3) is 0.429. The molecule has 1 heterocycles. The topological polar surface area (TPSA) is 98.8 Å². The molecular formula is C21H25NO6S. The van der Waals surface area contributed by atoms with Gasteiger partial charge in [0, 0.05) is 6.04 Å². The lowest BCUT2D eigenvalue weighted by atomic mass is 9.98. The van der Waals surface area contributed by atoms with Gasteiger partial charge in [-0.1, -0.05) is 24.3 Å². The highest BCUT2D eigenvalue weighted by molar-refractivity contribution is 7.91. The van der Waals surface area contributed by atoms with Crippen molar-refractivity contribution in [3.63, 3.8) is 0 Å². The largest absolute Gasteiger partial charge is 0.497 e. The van der Waals surface area contributed by atoms with Gasteiger partial charge in [-0.2, -0.15) is 0 Å². The number of sulfone groups is 1. The number of carbonyl (C=O) groups is 2. The number of amides is 1. The van der Waals surface area contributed by atoms with E-state index in [4.69, 9.17) is 9.47 Å². The molecule has 0 radical (unpaired) electrons. The number of methoxy groups -OCH3 is 1. The summed E-state index contributed by atoms with van der Waals surface area (Å²) >= 11 is 0. The van der Waals surface area contributed by atoms with Crippen LogP contribution in [0.4, 0.5) is 0 Å². The van der Waals surface area contributed by atoms with Gasteiger partial charge >= 0.3 is 5.97 Å². The van der Waals surface area contributed by atoms with Gasteiger partial charge in [0.25, 0.3) is 5.91 Å². The van der Waals surface area contributed by atoms with Crippen LogP contribution in [-0.2, 0) is 24.2 Å². The molecule has 1 amide bonds. The Bertz CT molecular complexity index is 1030. The lowest BCUT2D eigenvalue weighted by Crippen LogP contribution is -2.42. The molecule has 1 aliphatic rings. The first-order chi connectivity index (χ1) is 13.7. The molecule has 2 aromatic carbocycles. The Labute approximate surface area is 170 Å². The Morgan fingerprint density at radius 1 is 1.10 bits per heavy atom. The molecule has 0 aliphatic carbocycles. The second-order valence-electron chi connectivity index (χ2n) is 7.38. The molecule has 156 valence electrons. The van der Waals surface area contributed by atoms with Gasteiger partial charge in [0.05, 0.1) is 24.5 Å². The van der Waals surface area contributed by atoms with Crippen molar-refractivity contribution >= 4 is 32.5 Å². The molecule has 8 heteroatoms. The predicted octanol–water partition coefficient (Wildman–Crippen LogP) is 2.19. The number of ether oxygens (including phenoxy) is 2. The zero-order chi connectivity index (χ0) is 21.2. The van der Waals surface area contributed by atoms with Crippen LogP contribution in [0.5, 0.6) is 5.75 Å². The van der Waals surface area contributed by atoms with Crippen molar-refractivity contribution in [3.05, 3.63) is 42.0 Å². The van der Waals surface area contributed by atoms with Crippen molar-refractivity contribution in [2.75, 3.05) is 18.6 Å². The molecule has 1 N–H and O–H groups in total. The minimum Gasteiger partial charge on any atom is -0.497 e. The average Bonchev–Trinajstić information content (AvgIpc) is 3.04. The normalized spacial score (nSPS) is 20.0. The fourth-order valence-corrected chi connectivity index (χ4v) is 5.01. The molecular weight excluding hydrogens is 394 g/mol. The SMILES string of the molecule is COc1ccc2cc([C@H](C)C(=O)O[C@@H](C)C(=O)N[C@H]3CCS(=O)(=O)C3)ccc2c1. The maximum Gasteiger partial charge on any atom is 0.313 e. The molecule has 0 unspecified atom stereocenters. The number of hydrogen-bond acceptors (Lipinski definition) is 6. The average molecular weight is 419 g/mol. The van der Waals surface area contributed by atoms with E-state index in [1.165, 1.54) is 6.92 Å². The quantitative estimate of drug-likeness (QED) is 0.721. The van der Waals surface area contributed by atoms with E-state index in [1.54, 1.807) is 14.0 Å². The number of carbonyl (C=O) groups excluding carboxylic acids is 2. The number of nitrogens with one attached hydrogen (secondary N) is 1. The summed E-state index contributed by atoms with van der Waals surface area (Å²) in [5.74, 6) is -0.802. The van der Waals surface area contributed by atoms with E-state index in [1.807, 2.05) is 36.4 Å². The summed E-state index contributed by atoms with van der Waals surface area (Å²) in [4.78, 5) is 24.8. The molecule has 7 nitrogen and oxygen atoms in total. The zero-order valence-electron chi connectivity index (χ0n) is 16.7. The highest BCUT2D eigenvalue weighted by Crippen LogP contribution is 2.26. The number of benzene rings is 2. The van der Waals surface area contributed by atoms with Crippen molar-refractivity contribution in [2.45, 2.75) is 38.3 Å². The smallest absolute Gasteiger partial charge is 0.313 e. The Morgan fingerprint density at radius 3 is 2.45 bits per heavy atom. The van der Waals surface area contributed by atoms with Gasteiger partial charge in [-0.3, -0.25) is 9.59 Å². The molecule has 29 heavy (non-hydrogen) atoms. The highest BCUT2D eigenvalue weighted by atomic mass is 32.2. The number of rotatable bonds is 6. The van der Waals surface area contributed by atoms with E-state index in [-0.39, 0.29) is 11.5 Å². The van der Waals surface area contributed by atoms with E-state index in [0.717, 1.165) is 22.1 Å². The van der Waals surface area contributed by atoms with Crippen LogP contribution in [0, 0.1) is 0 Å². The molecule has 3 rings (SSSR count). The maximum atomic E-state index is 12.5. The Morgan fingerprint density at radius 2 is 1.79 bits per heavy atom. The fourth-order valence-electron chi connectivity index (χ4n) is 3.33. The van der Waals surface area contributed by atoms with E-state index in [9.17, 15) is 18.0 Å². The van der Waals surface area contributed by atoms with Crippen molar-refractivity contribution in [3.8, 4) is 5.75 Å². The summed E-state index contributed by atoms with van der Waals surface area (Å²) in [6.07, 6.45) is -0.620. The van der Waals surface area contributed by atoms with Crippen molar-refractivity contribution < 1.29 is 27.5 Å². The van der Waals surface area contributed by atoms with Crippen LogP contribution in [0.25, 0.3) is 10.8 Å². The first-order valence-electron chi connectivity index (χ1n) is 9.47. The van der Waals surface area contributed by atoms with E-state index in [0.29, 0.717) is 6.42 Å². The van der Waals surface area contributed by atoms with Gasteiger partial charge in [-0.05, 0) is 48.7 Å². The van der Waals surface area contributed by atoms with E-state index in [2.05, 4.69) is 5.32 Å². The summed E-state index contributed by atoms with van der Waals surface area (Å²) in [7, 11) is -1.48. The van der Waals surface area contributed by atoms with E-state index >= 15 is 0 Å². The molecule has 1 fully saturated rings. The van der Waals surface area contributed by atoms with Gasteiger partial charge < -0.3 is 14.8 Å². The van der Waals surface area contributed by atoms with Crippen LogP contribution in [0.3, 0.4) is 0 Å². The Balaban J connectivity index is 1.62. The van der Waals surface area contributed by atoms with Crippen LogP contribution in [0.2, 0.25) is 0 Å². The molecule has 0 aromatic heterocycles. The van der Waals surface area contributed by atoms with Gasteiger partial charge in [-0.15, -0.1) is 0 Å². The van der Waals surface area contributed by atoms with E-state index < -0.39 is 39.8 Å². The molecule has 1 saturated heterocycles. The van der Waals surface area contributed by atoms with Crippen molar-refractivity contribution in [1.29, 1.82) is 0 Å². The lowest BCUT2D eigenvalue weighted by Gasteiger charge is -2.19. The monoisotopic (exact) mass is 419 g/mol. The minimum atomic E-state index is -3.09.